The van der Waals surface area contributed by atoms with E-state index in [2.05, 4.69) is 0 Å². The van der Waals surface area contributed by atoms with Gasteiger partial charge in [-0.1, -0.05) is 12.1 Å². The molecular formula is C16H18N2O4. The molecule has 6 heteroatoms. The fraction of sp³-hybridized carbons (Fsp3) is 0.125. The first-order chi connectivity index (χ1) is 10.4. The fourth-order valence-corrected chi connectivity index (χ4v) is 1.64. The minimum atomic E-state index is -0.613. The van der Waals surface area contributed by atoms with Crippen LogP contribution in [0, 0.1) is 5.41 Å². The summed E-state index contributed by atoms with van der Waals surface area (Å²) in [5.41, 5.74) is 5.95. The third kappa shape index (κ3) is 4.52. The van der Waals surface area contributed by atoms with Crippen LogP contribution in [0.1, 0.15) is 22.8 Å². The maximum absolute atomic E-state index is 10.5. The first kappa shape index (κ1) is 17.0. The number of phenols is 2. The summed E-state index contributed by atoms with van der Waals surface area (Å²) in [7, 11) is 1.53. The van der Waals surface area contributed by atoms with Crippen LogP contribution < -0.4 is 10.5 Å². The number of aromatic hydroxyl groups is 2. The molecule has 0 unspecified atom stereocenters. The monoisotopic (exact) mass is 302 g/mol. The number of hydrogen-bond acceptors (Lipinski definition) is 5. The van der Waals surface area contributed by atoms with Crippen molar-refractivity contribution in [2.75, 3.05) is 7.11 Å². The molecule has 0 aliphatic rings. The van der Waals surface area contributed by atoms with Crippen LogP contribution >= 0.6 is 0 Å². The van der Waals surface area contributed by atoms with Gasteiger partial charge < -0.3 is 26.1 Å². The summed E-state index contributed by atoms with van der Waals surface area (Å²) in [6.45, 7) is 1.63. The summed E-state index contributed by atoms with van der Waals surface area (Å²) >= 11 is 0. The number of nitrogens with one attached hydrogen (secondary N) is 1. The Balaban J connectivity index is 0.000000224. The van der Waals surface area contributed by atoms with Crippen molar-refractivity contribution in [3.63, 3.8) is 0 Å². The van der Waals surface area contributed by atoms with Crippen molar-refractivity contribution in [2.45, 2.75) is 6.92 Å². The molecular weight excluding hydrogens is 284 g/mol. The number of hydrogen-bond donors (Lipinski definition) is 4. The Kier molecular flexibility index (Phi) is 5.95. The average Bonchev–Trinajstić information content (AvgIpc) is 2.47. The van der Waals surface area contributed by atoms with Crippen molar-refractivity contribution in [3.05, 3.63) is 53.6 Å². The van der Waals surface area contributed by atoms with Crippen LogP contribution in [-0.4, -0.2) is 28.9 Å². The SMILES string of the molecule is COc1ccc(C(C)=N)c(O)c1.NC(=O)c1ccccc1O. The van der Waals surface area contributed by atoms with Crippen LogP contribution in [0.5, 0.6) is 17.2 Å². The molecule has 0 saturated heterocycles. The van der Waals surface area contributed by atoms with Crippen molar-refractivity contribution in [3.8, 4) is 17.2 Å². The summed E-state index contributed by atoms with van der Waals surface area (Å²) in [6, 6.07) is 11.0. The van der Waals surface area contributed by atoms with Gasteiger partial charge in [-0.2, -0.15) is 0 Å². The molecule has 5 N–H and O–H groups in total. The third-order valence-corrected chi connectivity index (χ3v) is 2.78. The molecule has 116 valence electrons. The molecule has 0 atom stereocenters. The Morgan fingerprint density at radius 1 is 1.09 bits per heavy atom. The fourth-order valence-electron chi connectivity index (χ4n) is 1.64. The number of rotatable bonds is 3. The van der Waals surface area contributed by atoms with Crippen LogP contribution in [0.3, 0.4) is 0 Å². The topological polar surface area (TPSA) is 117 Å². The molecule has 2 rings (SSSR count). The zero-order valence-electron chi connectivity index (χ0n) is 12.3. The molecule has 0 radical (unpaired) electrons. The van der Waals surface area contributed by atoms with Crippen molar-refractivity contribution < 1.29 is 19.7 Å². The van der Waals surface area contributed by atoms with Gasteiger partial charge in [0.15, 0.2) is 0 Å². The van der Waals surface area contributed by atoms with Gasteiger partial charge in [0.25, 0.3) is 5.91 Å². The summed E-state index contributed by atoms with van der Waals surface area (Å²) in [4.78, 5) is 10.5. The summed E-state index contributed by atoms with van der Waals surface area (Å²) in [6.07, 6.45) is 0. The molecule has 6 nitrogen and oxygen atoms in total. The normalized spacial score (nSPS) is 9.36. The van der Waals surface area contributed by atoms with Crippen LogP contribution in [-0.2, 0) is 0 Å². The second-order valence-corrected chi connectivity index (χ2v) is 4.39. The molecule has 22 heavy (non-hydrogen) atoms. The standard InChI is InChI=1S/C9H11NO2.C7H7NO2/c1-6(10)8-4-3-7(12-2)5-9(8)11;8-7(10)5-3-1-2-4-6(5)9/h3-5,10-11H,1-2H3;1-4,9H,(H2,8,10). The molecule has 0 spiro atoms. The van der Waals surface area contributed by atoms with E-state index >= 15 is 0 Å². The first-order valence-electron chi connectivity index (χ1n) is 6.37. The zero-order chi connectivity index (χ0) is 16.7. The van der Waals surface area contributed by atoms with Gasteiger partial charge in [-0.25, -0.2) is 0 Å². The van der Waals surface area contributed by atoms with E-state index in [0.717, 1.165) is 0 Å². The van der Waals surface area contributed by atoms with E-state index in [0.29, 0.717) is 17.0 Å². The van der Waals surface area contributed by atoms with E-state index in [4.69, 9.17) is 21.0 Å². The van der Waals surface area contributed by atoms with E-state index in [1.165, 1.54) is 25.3 Å². The van der Waals surface area contributed by atoms with E-state index in [-0.39, 0.29) is 17.1 Å². The molecule has 0 aliphatic heterocycles. The maximum atomic E-state index is 10.5. The first-order valence-corrected chi connectivity index (χ1v) is 6.37. The van der Waals surface area contributed by atoms with Gasteiger partial charge in [0.2, 0.25) is 0 Å². The van der Waals surface area contributed by atoms with Gasteiger partial charge in [0, 0.05) is 17.3 Å². The second-order valence-electron chi connectivity index (χ2n) is 4.39. The second kappa shape index (κ2) is 7.68. The lowest BCUT2D eigenvalue weighted by molar-refractivity contribution is 0.0998. The van der Waals surface area contributed by atoms with Crippen LogP contribution in [0.15, 0.2) is 42.5 Å². The van der Waals surface area contributed by atoms with Gasteiger partial charge in [0.05, 0.1) is 12.7 Å². The number of phenolic OH excluding ortho intramolecular Hbond substituents is 1. The Morgan fingerprint density at radius 2 is 1.73 bits per heavy atom. The molecule has 0 aliphatic carbocycles. The van der Waals surface area contributed by atoms with Crippen LogP contribution in [0.25, 0.3) is 0 Å². The Morgan fingerprint density at radius 3 is 2.14 bits per heavy atom. The highest BCUT2D eigenvalue weighted by atomic mass is 16.5. The van der Waals surface area contributed by atoms with Crippen molar-refractivity contribution in [1.82, 2.24) is 0 Å². The smallest absolute Gasteiger partial charge is 0.252 e. The van der Waals surface area contributed by atoms with Gasteiger partial charge in [-0.3, -0.25) is 4.79 Å². The van der Waals surface area contributed by atoms with Crippen molar-refractivity contribution in [2.24, 2.45) is 5.73 Å². The molecule has 0 aromatic heterocycles. The average molecular weight is 302 g/mol. The molecule has 2 aromatic rings. The van der Waals surface area contributed by atoms with Crippen LogP contribution in [0.4, 0.5) is 0 Å². The van der Waals surface area contributed by atoms with E-state index < -0.39 is 5.91 Å². The van der Waals surface area contributed by atoms with Gasteiger partial charge in [-0.05, 0) is 31.2 Å². The number of para-hydroxylation sites is 1. The zero-order valence-corrected chi connectivity index (χ0v) is 12.3. The third-order valence-electron chi connectivity index (χ3n) is 2.78. The van der Waals surface area contributed by atoms with E-state index in [1.54, 1.807) is 31.2 Å². The number of carbonyl (C=O) groups is 1. The number of amides is 1. The lowest BCUT2D eigenvalue weighted by atomic mass is 10.1. The van der Waals surface area contributed by atoms with Gasteiger partial charge in [-0.15, -0.1) is 0 Å². The minimum Gasteiger partial charge on any atom is -0.507 e. The number of methoxy groups -OCH3 is 1. The molecule has 0 bridgehead atoms. The number of primary amides is 1. The number of nitrogens with two attached hydrogens (primary N) is 1. The number of benzene rings is 2. The highest BCUT2D eigenvalue weighted by Gasteiger charge is 2.04. The van der Waals surface area contributed by atoms with Gasteiger partial charge in [0.1, 0.15) is 17.2 Å². The molecule has 0 saturated carbocycles. The predicted molar refractivity (Wildman–Crippen MR) is 83.8 cm³/mol. The largest absolute Gasteiger partial charge is 0.507 e. The highest BCUT2D eigenvalue weighted by molar-refractivity contribution is 5.98. The highest BCUT2D eigenvalue weighted by Crippen LogP contribution is 2.23. The quantitative estimate of drug-likeness (QED) is 0.651. The molecule has 0 fully saturated rings. The maximum Gasteiger partial charge on any atom is 0.252 e. The predicted octanol–water partition coefficient (Wildman–Crippen LogP) is 2.28. The number of carbonyl (C=O) groups excluding carboxylic acids is 1. The molecule has 1 amide bonds. The lowest BCUT2D eigenvalue weighted by Gasteiger charge is -2.04. The van der Waals surface area contributed by atoms with E-state index in [1.807, 2.05) is 0 Å². The minimum absolute atomic E-state index is 0.0741. The summed E-state index contributed by atoms with van der Waals surface area (Å²) < 4.78 is 4.90. The lowest BCUT2D eigenvalue weighted by Crippen LogP contribution is -2.10. The summed E-state index contributed by atoms with van der Waals surface area (Å²) in [5, 5.41) is 25.7. The molecule has 0 heterocycles. The van der Waals surface area contributed by atoms with Crippen LogP contribution in [0.2, 0.25) is 0 Å². The molecule has 2 aromatic carbocycles. The Hall–Kier alpha value is -3.02. The van der Waals surface area contributed by atoms with Crippen molar-refractivity contribution >= 4 is 11.6 Å². The summed E-state index contributed by atoms with van der Waals surface area (Å²) in [5.74, 6) is -0.00699. The Bertz CT molecular complexity index is 684. The Labute approximate surface area is 128 Å². The van der Waals surface area contributed by atoms with Gasteiger partial charge >= 0.3 is 0 Å². The van der Waals surface area contributed by atoms with E-state index in [9.17, 15) is 9.90 Å². The van der Waals surface area contributed by atoms with Crippen molar-refractivity contribution in [1.29, 1.82) is 5.41 Å². The number of ether oxygens (including phenoxy) is 1.